The summed E-state index contributed by atoms with van der Waals surface area (Å²) in [5, 5.41) is 0. The molecule has 0 heterocycles. The van der Waals surface area contributed by atoms with Crippen molar-refractivity contribution in [1.82, 2.24) is 0 Å². The van der Waals surface area contributed by atoms with Crippen LogP contribution in [-0.4, -0.2) is 37.1 Å². The van der Waals surface area contributed by atoms with Gasteiger partial charge in [0.05, 0.1) is 0 Å². The second-order valence-corrected chi connectivity index (χ2v) is 3.71. The van der Waals surface area contributed by atoms with Crippen LogP contribution in [-0.2, 0) is 14.6 Å². The molecule has 0 saturated heterocycles. The van der Waals surface area contributed by atoms with E-state index in [9.17, 15) is 47.9 Å². The van der Waals surface area contributed by atoms with E-state index in [1.807, 2.05) is 4.18 Å². The summed E-state index contributed by atoms with van der Waals surface area (Å²) < 4.78 is 137. The van der Waals surface area contributed by atoms with Gasteiger partial charge in [0.2, 0.25) is 0 Å². The van der Waals surface area contributed by atoms with E-state index in [4.69, 9.17) is 4.55 Å². The highest BCUT2D eigenvalue weighted by Gasteiger charge is 2.87. The summed E-state index contributed by atoms with van der Waals surface area (Å²) in [5.41, 5.74) is -7.04. The lowest BCUT2D eigenvalue weighted by Crippen LogP contribution is -2.68. The first-order valence-corrected chi connectivity index (χ1v) is 4.70. The molecule has 0 aromatic heterocycles. The fraction of sp³-hybridized carbons (Fsp3) is 1.00. The predicted octanol–water partition coefficient (Wildman–Crippen LogP) is 2.23. The van der Waals surface area contributed by atoms with E-state index >= 15 is 0 Å². The summed E-state index contributed by atoms with van der Waals surface area (Å²) in [6, 6.07) is 0. The highest BCUT2D eigenvalue weighted by atomic mass is 32.3. The standard InChI is InChI=1S/C4HF9O4S/c5-2(6,7)1(3(8,9)10,4(11,12)13)17-18(14,15)16/h(H,14,15,16). The van der Waals surface area contributed by atoms with E-state index in [0.29, 0.717) is 0 Å². The van der Waals surface area contributed by atoms with Crippen molar-refractivity contribution in [2.24, 2.45) is 0 Å². The van der Waals surface area contributed by atoms with Crippen LogP contribution in [0.3, 0.4) is 0 Å². The molecule has 0 bridgehead atoms. The van der Waals surface area contributed by atoms with Gasteiger partial charge in [-0.25, -0.2) is 4.18 Å². The SMILES string of the molecule is O=S(=O)(O)OC(C(F)(F)F)(C(F)(F)F)C(F)(F)F. The number of hydrogen-bond acceptors (Lipinski definition) is 3. The molecule has 0 atom stereocenters. The van der Waals surface area contributed by atoms with E-state index in [2.05, 4.69) is 0 Å². The van der Waals surface area contributed by atoms with Crippen LogP contribution < -0.4 is 0 Å². The first kappa shape index (κ1) is 17.2. The molecule has 0 unspecified atom stereocenters. The Morgan fingerprint density at radius 2 is 0.944 bits per heavy atom. The maximum Gasteiger partial charge on any atom is 0.437 e. The summed E-state index contributed by atoms with van der Waals surface area (Å²) in [4.78, 5) is 0. The molecule has 1 N–H and O–H groups in total. The van der Waals surface area contributed by atoms with Gasteiger partial charge in [-0.15, -0.1) is 0 Å². The molecular weight excluding hydrogens is 315 g/mol. The molecule has 0 aliphatic heterocycles. The van der Waals surface area contributed by atoms with Crippen molar-refractivity contribution in [1.29, 1.82) is 0 Å². The van der Waals surface area contributed by atoms with Crippen LogP contribution in [0.2, 0.25) is 0 Å². The predicted molar refractivity (Wildman–Crippen MR) is 33.5 cm³/mol. The lowest BCUT2D eigenvalue weighted by molar-refractivity contribution is -0.437. The van der Waals surface area contributed by atoms with Crippen molar-refractivity contribution < 1.29 is 56.7 Å². The third kappa shape index (κ3) is 2.97. The molecular formula is C4HF9O4S. The monoisotopic (exact) mass is 316 g/mol. The second-order valence-electron chi connectivity index (χ2n) is 2.69. The normalized spacial score (nSPS) is 15.9. The molecule has 0 aliphatic rings. The minimum absolute atomic E-state index is 1.87. The van der Waals surface area contributed by atoms with Crippen molar-refractivity contribution in [2.45, 2.75) is 24.1 Å². The molecule has 0 amide bonds. The van der Waals surface area contributed by atoms with E-state index in [-0.39, 0.29) is 0 Å². The number of alkyl halides is 9. The highest BCUT2D eigenvalue weighted by Crippen LogP contribution is 2.55. The van der Waals surface area contributed by atoms with Gasteiger partial charge in [-0.1, -0.05) is 0 Å². The Balaban J connectivity index is 6.27. The van der Waals surface area contributed by atoms with Crippen LogP contribution in [0.4, 0.5) is 39.5 Å². The van der Waals surface area contributed by atoms with Gasteiger partial charge >= 0.3 is 34.5 Å². The molecule has 18 heavy (non-hydrogen) atoms. The van der Waals surface area contributed by atoms with E-state index in [1.54, 1.807) is 0 Å². The van der Waals surface area contributed by atoms with Gasteiger partial charge in [0.15, 0.2) is 0 Å². The average Bonchev–Trinajstić information content (AvgIpc) is 1.90. The minimum atomic E-state index is -7.22. The van der Waals surface area contributed by atoms with Crippen molar-refractivity contribution in [3.05, 3.63) is 0 Å². The fourth-order valence-electron chi connectivity index (χ4n) is 0.782. The molecule has 0 aromatic carbocycles. The van der Waals surface area contributed by atoms with Gasteiger partial charge in [0, 0.05) is 0 Å². The van der Waals surface area contributed by atoms with Crippen LogP contribution in [0.5, 0.6) is 0 Å². The van der Waals surface area contributed by atoms with Crippen LogP contribution in [0, 0.1) is 0 Å². The van der Waals surface area contributed by atoms with E-state index in [1.165, 1.54) is 0 Å². The summed E-state index contributed by atoms with van der Waals surface area (Å²) in [6.45, 7) is 0. The molecule has 4 nitrogen and oxygen atoms in total. The Morgan fingerprint density at radius 1 is 0.722 bits per heavy atom. The van der Waals surface area contributed by atoms with Crippen molar-refractivity contribution in [3.63, 3.8) is 0 Å². The first-order valence-electron chi connectivity index (χ1n) is 3.34. The summed E-state index contributed by atoms with van der Waals surface area (Å²) >= 11 is 0. The maximum atomic E-state index is 12.0. The zero-order chi connectivity index (χ0) is 15.2. The van der Waals surface area contributed by atoms with Gasteiger partial charge < -0.3 is 0 Å². The first-order chi connectivity index (χ1) is 7.46. The van der Waals surface area contributed by atoms with Crippen LogP contribution in [0.15, 0.2) is 0 Å². The van der Waals surface area contributed by atoms with Crippen LogP contribution >= 0.6 is 0 Å². The molecule has 0 rings (SSSR count). The second kappa shape index (κ2) is 4.12. The van der Waals surface area contributed by atoms with Gasteiger partial charge in [0.1, 0.15) is 0 Å². The Kier molecular flexibility index (Phi) is 3.95. The van der Waals surface area contributed by atoms with Gasteiger partial charge in [-0.3, -0.25) is 4.55 Å². The summed E-state index contributed by atoms with van der Waals surface area (Å²) in [7, 11) is -6.69. The molecule has 110 valence electrons. The lowest BCUT2D eigenvalue weighted by atomic mass is 10.0. The van der Waals surface area contributed by atoms with Gasteiger partial charge in [0.25, 0.3) is 0 Å². The van der Waals surface area contributed by atoms with Gasteiger partial charge in [-0.2, -0.15) is 47.9 Å². The average molecular weight is 316 g/mol. The Hall–Kier alpha value is -0.760. The van der Waals surface area contributed by atoms with Gasteiger partial charge in [-0.05, 0) is 0 Å². The summed E-state index contributed by atoms with van der Waals surface area (Å²) in [5.74, 6) is 0. The zero-order valence-electron chi connectivity index (χ0n) is 7.48. The third-order valence-electron chi connectivity index (χ3n) is 1.43. The molecule has 0 aliphatic carbocycles. The molecule has 14 heteroatoms. The van der Waals surface area contributed by atoms with Crippen molar-refractivity contribution in [3.8, 4) is 0 Å². The molecule has 0 fully saturated rings. The zero-order valence-corrected chi connectivity index (χ0v) is 8.30. The molecule has 0 aromatic rings. The minimum Gasteiger partial charge on any atom is -0.263 e. The fourth-order valence-corrected chi connectivity index (χ4v) is 1.38. The van der Waals surface area contributed by atoms with E-state index in [0.717, 1.165) is 0 Å². The molecule has 0 spiro atoms. The largest absolute Gasteiger partial charge is 0.437 e. The highest BCUT2D eigenvalue weighted by molar-refractivity contribution is 7.80. The van der Waals surface area contributed by atoms with Crippen LogP contribution in [0.25, 0.3) is 0 Å². The van der Waals surface area contributed by atoms with Crippen molar-refractivity contribution in [2.75, 3.05) is 0 Å². The number of hydrogen-bond donors (Lipinski definition) is 1. The number of halogens is 9. The van der Waals surface area contributed by atoms with E-state index < -0.39 is 34.5 Å². The quantitative estimate of drug-likeness (QED) is 0.627. The lowest BCUT2D eigenvalue weighted by Gasteiger charge is -2.36. The molecule has 0 radical (unpaired) electrons. The summed E-state index contributed by atoms with van der Waals surface area (Å²) in [6.07, 6.45) is -21.7. The third-order valence-corrected chi connectivity index (χ3v) is 1.89. The molecule has 0 saturated carbocycles. The van der Waals surface area contributed by atoms with Crippen molar-refractivity contribution >= 4 is 10.4 Å². The Bertz CT molecular complexity index is 364. The van der Waals surface area contributed by atoms with Crippen LogP contribution in [0.1, 0.15) is 0 Å². The smallest absolute Gasteiger partial charge is 0.263 e. The topological polar surface area (TPSA) is 63.6 Å². The Labute approximate surface area is 92.3 Å². The maximum absolute atomic E-state index is 12.0. The Morgan fingerprint density at radius 3 is 1.00 bits per heavy atom. The number of rotatable bonds is 2.